The first-order valence-electron chi connectivity index (χ1n) is 7.05. The Labute approximate surface area is 122 Å². The first-order valence-corrected chi connectivity index (χ1v) is 7.43. The third-order valence-corrected chi connectivity index (χ3v) is 4.42. The average molecular weight is 296 g/mol. The number of hydrogen-bond acceptors (Lipinski definition) is 4. The van der Waals surface area contributed by atoms with E-state index in [1.165, 1.54) is 31.9 Å². The number of fused-ring (bicyclic) bond motifs is 1. The Hall–Kier alpha value is -1.33. The number of carbonyl (C=O) groups is 1. The van der Waals surface area contributed by atoms with Gasteiger partial charge in [0.15, 0.2) is 0 Å². The smallest absolute Gasteiger partial charge is 0.335 e. The molecule has 0 bridgehead atoms. The van der Waals surface area contributed by atoms with E-state index in [0.29, 0.717) is 17.9 Å². The number of aromatic nitrogens is 1. The van der Waals surface area contributed by atoms with Gasteiger partial charge in [-0.3, -0.25) is 4.90 Å². The molecule has 0 radical (unpaired) electrons. The van der Waals surface area contributed by atoms with Crippen molar-refractivity contribution in [3.63, 3.8) is 0 Å². The molecule has 20 heavy (non-hydrogen) atoms. The highest BCUT2D eigenvalue weighted by molar-refractivity contribution is 6.29. The molecule has 5 nitrogen and oxygen atoms in total. The number of carboxylic acids is 1. The highest BCUT2D eigenvalue weighted by atomic mass is 35.5. The fourth-order valence-corrected chi connectivity index (χ4v) is 3.51. The van der Waals surface area contributed by atoms with Crippen LogP contribution in [0, 0.1) is 0 Å². The van der Waals surface area contributed by atoms with Gasteiger partial charge in [-0.15, -0.1) is 0 Å². The van der Waals surface area contributed by atoms with Crippen LogP contribution in [0.25, 0.3) is 0 Å². The van der Waals surface area contributed by atoms with E-state index in [0.717, 1.165) is 13.0 Å². The van der Waals surface area contributed by atoms with Gasteiger partial charge in [0, 0.05) is 18.6 Å². The number of hydrogen-bond donors (Lipinski definition) is 2. The minimum absolute atomic E-state index is 0.172. The molecule has 1 aromatic heterocycles. The predicted molar refractivity (Wildman–Crippen MR) is 77.4 cm³/mol. The van der Waals surface area contributed by atoms with Crippen LogP contribution in [0.5, 0.6) is 0 Å². The van der Waals surface area contributed by atoms with Crippen molar-refractivity contribution < 1.29 is 9.90 Å². The molecule has 2 saturated heterocycles. The number of rotatable bonds is 3. The standard InChI is InChI=1S/C14H18ClN3O2/c15-12-7-9(14(19)20)8-13(17-12)16-10-4-6-18-5-2-1-3-11(10)18/h7-8,10-11H,1-6H2,(H,16,17)(H,19,20). The summed E-state index contributed by atoms with van der Waals surface area (Å²) in [5, 5.41) is 12.6. The van der Waals surface area contributed by atoms with Crippen LogP contribution in [-0.2, 0) is 0 Å². The van der Waals surface area contributed by atoms with Crippen LogP contribution >= 0.6 is 11.6 Å². The van der Waals surface area contributed by atoms with Gasteiger partial charge in [0.1, 0.15) is 11.0 Å². The van der Waals surface area contributed by atoms with Gasteiger partial charge >= 0.3 is 5.97 Å². The van der Waals surface area contributed by atoms with E-state index >= 15 is 0 Å². The number of pyridine rings is 1. The topological polar surface area (TPSA) is 65.5 Å². The van der Waals surface area contributed by atoms with E-state index < -0.39 is 5.97 Å². The first-order chi connectivity index (χ1) is 9.63. The summed E-state index contributed by atoms with van der Waals surface area (Å²) in [4.78, 5) is 17.8. The number of nitrogens with zero attached hydrogens (tertiary/aromatic N) is 2. The van der Waals surface area contributed by atoms with Gasteiger partial charge in [-0.2, -0.15) is 0 Å². The molecular weight excluding hydrogens is 278 g/mol. The molecule has 3 rings (SSSR count). The molecular formula is C14H18ClN3O2. The molecule has 0 spiro atoms. The van der Waals surface area contributed by atoms with Crippen molar-refractivity contribution in [3.05, 3.63) is 22.8 Å². The molecule has 108 valence electrons. The molecule has 0 saturated carbocycles. The Morgan fingerprint density at radius 2 is 2.20 bits per heavy atom. The van der Waals surface area contributed by atoms with E-state index in [2.05, 4.69) is 15.2 Å². The first kappa shape index (κ1) is 13.6. The Kier molecular flexibility index (Phi) is 3.81. The maximum atomic E-state index is 11.0. The molecule has 2 aliphatic heterocycles. The molecule has 2 aliphatic rings. The Balaban J connectivity index is 1.76. The zero-order chi connectivity index (χ0) is 14.1. The fourth-order valence-electron chi connectivity index (χ4n) is 3.30. The summed E-state index contributed by atoms with van der Waals surface area (Å²) >= 11 is 5.89. The largest absolute Gasteiger partial charge is 0.478 e. The van der Waals surface area contributed by atoms with Gasteiger partial charge < -0.3 is 10.4 Å². The fraction of sp³-hybridized carbons (Fsp3) is 0.571. The second-order valence-corrected chi connectivity index (χ2v) is 5.89. The predicted octanol–water partition coefficient (Wildman–Crippen LogP) is 2.47. The van der Waals surface area contributed by atoms with Crippen molar-refractivity contribution >= 4 is 23.4 Å². The summed E-state index contributed by atoms with van der Waals surface area (Å²) in [5.74, 6) is -0.421. The molecule has 2 fully saturated rings. The van der Waals surface area contributed by atoms with Crippen LogP contribution in [0.1, 0.15) is 36.0 Å². The van der Waals surface area contributed by atoms with Crippen molar-refractivity contribution in [1.29, 1.82) is 0 Å². The highest BCUT2D eigenvalue weighted by Crippen LogP contribution is 2.29. The van der Waals surface area contributed by atoms with Gasteiger partial charge in [-0.1, -0.05) is 18.0 Å². The summed E-state index contributed by atoms with van der Waals surface area (Å²) in [6, 6.07) is 3.80. The van der Waals surface area contributed by atoms with Gasteiger partial charge in [-0.05, 0) is 37.9 Å². The van der Waals surface area contributed by atoms with Crippen molar-refractivity contribution in [3.8, 4) is 0 Å². The SMILES string of the molecule is O=C(O)c1cc(Cl)nc(NC2CCN3CCCCC23)c1. The number of nitrogens with one attached hydrogen (secondary N) is 1. The summed E-state index contributed by atoms with van der Waals surface area (Å²) < 4.78 is 0. The lowest BCUT2D eigenvalue weighted by Gasteiger charge is -2.32. The van der Waals surface area contributed by atoms with E-state index in [1.807, 2.05) is 0 Å². The molecule has 0 aromatic carbocycles. The maximum Gasteiger partial charge on any atom is 0.335 e. The van der Waals surface area contributed by atoms with E-state index in [-0.39, 0.29) is 10.7 Å². The van der Waals surface area contributed by atoms with E-state index in [9.17, 15) is 4.79 Å². The lowest BCUT2D eigenvalue weighted by molar-refractivity contribution is 0.0697. The third kappa shape index (κ3) is 2.74. The number of anilines is 1. The lowest BCUT2D eigenvalue weighted by Crippen LogP contribution is -2.41. The monoisotopic (exact) mass is 295 g/mol. The molecule has 0 amide bonds. The van der Waals surface area contributed by atoms with Gasteiger partial charge in [0.2, 0.25) is 0 Å². The lowest BCUT2D eigenvalue weighted by atomic mass is 9.99. The number of aromatic carboxylic acids is 1. The zero-order valence-electron chi connectivity index (χ0n) is 11.2. The number of halogens is 1. The van der Waals surface area contributed by atoms with Crippen molar-refractivity contribution in [2.75, 3.05) is 18.4 Å². The molecule has 6 heteroatoms. The second kappa shape index (κ2) is 5.58. The minimum Gasteiger partial charge on any atom is -0.478 e. The molecule has 2 atom stereocenters. The molecule has 2 unspecified atom stereocenters. The second-order valence-electron chi connectivity index (χ2n) is 5.51. The van der Waals surface area contributed by atoms with Crippen molar-refractivity contribution in [2.45, 2.75) is 37.8 Å². The highest BCUT2D eigenvalue weighted by Gasteiger charge is 2.35. The molecule has 3 heterocycles. The van der Waals surface area contributed by atoms with Crippen LogP contribution in [0.4, 0.5) is 5.82 Å². The van der Waals surface area contributed by atoms with Crippen LogP contribution in [-0.4, -0.2) is 46.1 Å². The van der Waals surface area contributed by atoms with E-state index in [1.54, 1.807) is 6.07 Å². The summed E-state index contributed by atoms with van der Waals surface area (Å²) in [7, 11) is 0. The van der Waals surface area contributed by atoms with Crippen molar-refractivity contribution in [1.82, 2.24) is 9.88 Å². The third-order valence-electron chi connectivity index (χ3n) is 4.23. The number of carboxylic acid groups (broad SMARTS) is 1. The normalized spacial score (nSPS) is 26.2. The maximum absolute atomic E-state index is 11.0. The average Bonchev–Trinajstić information content (AvgIpc) is 2.82. The number of piperidine rings is 1. The minimum atomic E-state index is -0.983. The van der Waals surface area contributed by atoms with Gasteiger partial charge in [0.25, 0.3) is 0 Å². The Morgan fingerprint density at radius 3 is 3.00 bits per heavy atom. The summed E-state index contributed by atoms with van der Waals surface area (Å²) in [6.45, 7) is 2.28. The van der Waals surface area contributed by atoms with Crippen molar-refractivity contribution in [2.24, 2.45) is 0 Å². The molecule has 0 aliphatic carbocycles. The van der Waals surface area contributed by atoms with Gasteiger partial charge in [-0.25, -0.2) is 9.78 Å². The Bertz CT molecular complexity index is 523. The van der Waals surface area contributed by atoms with Gasteiger partial charge in [0.05, 0.1) is 5.56 Å². The van der Waals surface area contributed by atoms with Crippen LogP contribution in [0.2, 0.25) is 5.15 Å². The van der Waals surface area contributed by atoms with Crippen LogP contribution < -0.4 is 5.32 Å². The summed E-state index contributed by atoms with van der Waals surface area (Å²) in [5.41, 5.74) is 0.172. The van der Waals surface area contributed by atoms with Crippen LogP contribution in [0.3, 0.4) is 0 Å². The molecule has 1 aromatic rings. The summed E-state index contributed by atoms with van der Waals surface area (Å²) in [6.07, 6.45) is 4.82. The van der Waals surface area contributed by atoms with Crippen LogP contribution in [0.15, 0.2) is 12.1 Å². The van der Waals surface area contributed by atoms with E-state index in [4.69, 9.17) is 16.7 Å². The quantitative estimate of drug-likeness (QED) is 0.839. The molecule has 2 N–H and O–H groups in total. The Morgan fingerprint density at radius 1 is 1.35 bits per heavy atom. The zero-order valence-corrected chi connectivity index (χ0v) is 11.9.